The number of ether oxygens (including phenoxy) is 3. The highest BCUT2D eigenvalue weighted by atomic mass is 16.7. The highest BCUT2D eigenvalue weighted by Gasteiger charge is 2.18. The molecule has 3 rings (SSSR count). The van der Waals surface area contributed by atoms with Gasteiger partial charge in [-0.25, -0.2) is 0 Å². The van der Waals surface area contributed by atoms with Crippen molar-refractivity contribution in [2.24, 2.45) is 0 Å². The van der Waals surface area contributed by atoms with Crippen LogP contribution < -0.4 is 24.8 Å². The lowest BCUT2D eigenvalue weighted by Crippen LogP contribution is -2.12. The summed E-state index contributed by atoms with van der Waals surface area (Å²) >= 11 is 0. The van der Waals surface area contributed by atoms with Gasteiger partial charge in [-0.15, -0.1) is 0 Å². The lowest BCUT2D eigenvalue weighted by molar-refractivity contribution is 0.103. The second-order valence-corrected chi connectivity index (χ2v) is 6.27. The van der Waals surface area contributed by atoms with E-state index in [4.69, 9.17) is 19.9 Å². The molecular formula is C20H22N2O4. The predicted octanol–water partition coefficient (Wildman–Crippen LogP) is 3.36. The maximum Gasteiger partial charge on any atom is 0.231 e. The van der Waals surface area contributed by atoms with Crippen molar-refractivity contribution < 1.29 is 19.0 Å². The number of benzene rings is 2. The van der Waals surface area contributed by atoms with Gasteiger partial charge in [0.05, 0.1) is 18.5 Å². The van der Waals surface area contributed by atoms with E-state index in [2.05, 4.69) is 0 Å². The molecule has 0 saturated carbocycles. The minimum atomic E-state index is -0.0761. The molecule has 1 heterocycles. The summed E-state index contributed by atoms with van der Waals surface area (Å²) in [5, 5.41) is 0. The molecule has 0 aliphatic carbocycles. The molecule has 0 amide bonds. The zero-order valence-electron chi connectivity index (χ0n) is 15.3. The Bertz CT molecular complexity index is 888. The van der Waals surface area contributed by atoms with Gasteiger partial charge in [0.15, 0.2) is 17.3 Å². The van der Waals surface area contributed by atoms with Gasteiger partial charge in [0.25, 0.3) is 0 Å². The summed E-state index contributed by atoms with van der Waals surface area (Å²) in [6.07, 6.45) is 1.79. The molecule has 26 heavy (non-hydrogen) atoms. The molecule has 0 unspecified atom stereocenters. The fourth-order valence-corrected chi connectivity index (χ4v) is 2.83. The average molecular weight is 354 g/mol. The summed E-state index contributed by atoms with van der Waals surface area (Å²) in [5.74, 6) is 1.82. The van der Waals surface area contributed by atoms with Crippen molar-refractivity contribution in [2.75, 3.05) is 38.6 Å². The standard InChI is InChI=1S/C20H22N2O4/c1-12(20(23)13-5-6-15(21)16(8-13)22(2)3)7-14-9-18-19(26-11-25-18)10-17(14)24-4/h5-10H,11,21H2,1-4H3. The van der Waals surface area contributed by atoms with Crippen LogP contribution in [0, 0.1) is 0 Å². The first-order valence-corrected chi connectivity index (χ1v) is 8.18. The van der Waals surface area contributed by atoms with Gasteiger partial charge in [-0.05, 0) is 42.8 Å². The molecular weight excluding hydrogens is 332 g/mol. The minimum Gasteiger partial charge on any atom is -0.496 e. The molecule has 0 saturated heterocycles. The third-order valence-electron chi connectivity index (χ3n) is 4.23. The third-order valence-corrected chi connectivity index (χ3v) is 4.23. The normalized spacial score (nSPS) is 12.8. The number of ketones is 1. The monoisotopic (exact) mass is 354 g/mol. The van der Waals surface area contributed by atoms with Crippen LogP contribution in [-0.4, -0.2) is 33.8 Å². The minimum absolute atomic E-state index is 0.0761. The molecule has 0 atom stereocenters. The number of anilines is 2. The molecule has 1 aliphatic rings. The number of fused-ring (bicyclic) bond motifs is 1. The van der Waals surface area contributed by atoms with Crippen molar-refractivity contribution in [3.63, 3.8) is 0 Å². The van der Waals surface area contributed by atoms with Crippen LogP contribution >= 0.6 is 0 Å². The molecule has 1 aliphatic heterocycles. The van der Waals surface area contributed by atoms with Crippen LogP contribution in [0.4, 0.5) is 11.4 Å². The van der Waals surface area contributed by atoms with Crippen molar-refractivity contribution in [3.8, 4) is 17.2 Å². The molecule has 2 aromatic rings. The molecule has 0 aromatic heterocycles. The topological polar surface area (TPSA) is 74.0 Å². The highest BCUT2D eigenvalue weighted by Crippen LogP contribution is 2.39. The van der Waals surface area contributed by atoms with E-state index in [1.54, 1.807) is 44.4 Å². The number of Topliss-reactive ketones (excluding diaryl/α,β-unsaturated/α-hetero) is 1. The van der Waals surface area contributed by atoms with Gasteiger partial charge < -0.3 is 24.8 Å². The number of nitrogens with zero attached hydrogens (tertiary/aromatic N) is 1. The molecule has 0 radical (unpaired) electrons. The second-order valence-electron chi connectivity index (χ2n) is 6.27. The van der Waals surface area contributed by atoms with E-state index in [0.29, 0.717) is 34.1 Å². The summed E-state index contributed by atoms with van der Waals surface area (Å²) in [5.41, 5.74) is 9.33. The number of rotatable bonds is 5. The van der Waals surface area contributed by atoms with Gasteiger partial charge in [0.1, 0.15) is 5.75 Å². The number of carbonyl (C=O) groups excluding carboxylic acids is 1. The first-order valence-electron chi connectivity index (χ1n) is 8.18. The van der Waals surface area contributed by atoms with Crippen LogP contribution in [0.2, 0.25) is 0 Å². The Morgan fingerprint density at radius 1 is 1.19 bits per heavy atom. The molecule has 0 fully saturated rings. The highest BCUT2D eigenvalue weighted by molar-refractivity contribution is 6.11. The van der Waals surface area contributed by atoms with Crippen LogP contribution in [0.25, 0.3) is 6.08 Å². The smallest absolute Gasteiger partial charge is 0.231 e. The van der Waals surface area contributed by atoms with E-state index in [1.807, 2.05) is 25.1 Å². The first kappa shape index (κ1) is 17.7. The molecule has 2 N–H and O–H groups in total. The van der Waals surface area contributed by atoms with Gasteiger partial charge in [0.2, 0.25) is 6.79 Å². The lowest BCUT2D eigenvalue weighted by Gasteiger charge is -2.16. The SMILES string of the molecule is COc1cc2c(cc1C=C(C)C(=O)c1ccc(N)c(N(C)C)c1)OCO2. The maximum absolute atomic E-state index is 12.8. The zero-order valence-corrected chi connectivity index (χ0v) is 15.3. The number of methoxy groups -OCH3 is 1. The third kappa shape index (κ3) is 3.31. The number of carbonyl (C=O) groups is 1. The van der Waals surface area contributed by atoms with E-state index >= 15 is 0 Å². The van der Waals surface area contributed by atoms with Gasteiger partial charge in [0, 0.05) is 31.3 Å². The number of hydrogen-bond acceptors (Lipinski definition) is 6. The van der Waals surface area contributed by atoms with E-state index in [0.717, 1.165) is 11.3 Å². The van der Waals surface area contributed by atoms with Gasteiger partial charge in [-0.3, -0.25) is 4.79 Å². The predicted molar refractivity (Wildman–Crippen MR) is 102 cm³/mol. The van der Waals surface area contributed by atoms with Crippen LogP contribution in [0.1, 0.15) is 22.8 Å². The fraction of sp³-hybridized carbons (Fsp3) is 0.250. The Kier molecular flexibility index (Phi) is 4.75. The summed E-state index contributed by atoms with van der Waals surface area (Å²) in [6.45, 7) is 1.96. The number of hydrogen-bond donors (Lipinski definition) is 1. The van der Waals surface area contributed by atoms with E-state index in [9.17, 15) is 4.79 Å². The molecule has 0 bridgehead atoms. The molecule has 6 heteroatoms. The average Bonchev–Trinajstić information content (AvgIpc) is 3.07. The van der Waals surface area contributed by atoms with Crippen molar-refractivity contribution in [1.82, 2.24) is 0 Å². The van der Waals surface area contributed by atoms with Gasteiger partial charge in [-0.2, -0.15) is 0 Å². The molecule has 136 valence electrons. The van der Waals surface area contributed by atoms with E-state index < -0.39 is 0 Å². The van der Waals surface area contributed by atoms with Crippen molar-refractivity contribution >= 4 is 23.2 Å². The van der Waals surface area contributed by atoms with E-state index in [1.165, 1.54) is 0 Å². The van der Waals surface area contributed by atoms with Crippen molar-refractivity contribution in [3.05, 3.63) is 47.0 Å². The Hall–Kier alpha value is -3.15. The fourth-order valence-electron chi connectivity index (χ4n) is 2.83. The quantitative estimate of drug-likeness (QED) is 0.504. The van der Waals surface area contributed by atoms with Crippen LogP contribution in [0.3, 0.4) is 0 Å². The number of nitrogen functional groups attached to an aromatic ring is 1. The van der Waals surface area contributed by atoms with Gasteiger partial charge >= 0.3 is 0 Å². The van der Waals surface area contributed by atoms with Crippen molar-refractivity contribution in [1.29, 1.82) is 0 Å². The van der Waals surface area contributed by atoms with Crippen LogP contribution in [-0.2, 0) is 0 Å². The Labute approximate surface area is 152 Å². The van der Waals surface area contributed by atoms with Crippen LogP contribution in [0.15, 0.2) is 35.9 Å². The molecule has 0 spiro atoms. The Balaban J connectivity index is 1.95. The molecule has 2 aromatic carbocycles. The summed E-state index contributed by atoms with van der Waals surface area (Å²) in [6, 6.07) is 8.85. The van der Waals surface area contributed by atoms with Gasteiger partial charge in [-0.1, -0.05) is 0 Å². The Morgan fingerprint density at radius 2 is 1.88 bits per heavy atom. The molecule has 6 nitrogen and oxygen atoms in total. The zero-order chi connectivity index (χ0) is 18.8. The summed E-state index contributed by atoms with van der Waals surface area (Å²) in [7, 11) is 5.36. The number of allylic oxidation sites excluding steroid dienone is 1. The Morgan fingerprint density at radius 3 is 2.54 bits per heavy atom. The lowest BCUT2D eigenvalue weighted by atomic mass is 10.0. The van der Waals surface area contributed by atoms with Crippen molar-refractivity contribution in [2.45, 2.75) is 6.92 Å². The second kappa shape index (κ2) is 7.00. The summed E-state index contributed by atoms with van der Waals surface area (Å²) in [4.78, 5) is 14.7. The summed E-state index contributed by atoms with van der Waals surface area (Å²) < 4.78 is 16.2. The number of nitrogens with two attached hydrogens (primary N) is 1. The van der Waals surface area contributed by atoms with E-state index in [-0.39, 0.29) is 12.6 Å². The first-order chi connectivity index (χ1) is 12.4. The van der Waals surface area contributed by atoms with Crippen LogP contribution in [0.5, 0.6) is 17.2 Å². The largest absolute Gasteiger partial charge is 0.496 e. The maximum atomic E-state index is 12.8.